The second kappa shape index (κ2) is 6.84. The van der Waals surface area contributed by atoms with E-state index in [0.717, 1.165) is 23.4 Å². The Bertz CT molecular complexity index is 731. The van der Waals surface area contributed by atoms with Crippen molar-refractivity contribution in [2.24, 2.45) is 5.92 Å². The SMILES string of the molecule is CCOc1ccc(-c2cn(C3CN(C(=O)C4CCOC4)C3)nn2)cc1. The predicted molar refractivity (Wildman–Crippen MR) is 91.2 cm³/mol. The fraction of sp³-hybridized carbons (Fsp3) is 0.500. The lowest BCUT2D eigenvalue weighted by atomic mass is 10.0. The molecule has 1 unspecified atom stereocenters. The van der Waals surface area contributed by atoms with Crippen LogP contribution in [-0.2, 0) is 9.53 Å². The maximum atomic E-state index is 12.3. The number of rotatable bonds is 5. The average molecular weight is 342 g/mol. The summed E-state index contributed by atoms with van der Waals surface area (Å²) in [5.74, 6) is 1.10. The largest absolute Gasteiger partial charge is 0.494 e. The Hall–Kier alpha value is -2.41. The van der Waals surface area contributed by atoms with Gasteiger partial charge < -0.3 is 14.4 Å². The number of carbonyl (C=O) groups is 1. The van der Waals surface area contributed by atoms with Gasteiger partial charge >= 0.3 is 0 Å². The molecule has 3 heterocycles. The van der Waals surface area contributed by atoms with Crippen LogP contribution in [0, 0.1) is 5.92 Å². The van der Waals surface area contributed by atoms with Gasteiger partial charge in [0.15, 0.2) is 0 Å². The highest BCUT2D eigenvalue weighted by molar-refractivity contribution is 5.80. The summed E-state index contributed by atoms with van der Waals surface area (Å²) < 4.78 is 12.6. The Kier molecular flexibility index (Phi) is 4.40. The quantitative estimate of drug-likeness (QED) is 0.828. The zero-order chi connectivity index (χ0) is 17.2. The number of likely N-dealkylation sites (tertiary alicyclic amines) is 1. The van der Waals surface area contributed by atoms with Gasteiger partial charge in [0.1, 0.15) is 11.4 Å². The second-order valence-corrected chi connectivity index (χ2v) is 6.50. The average Bonchev–Trinajstić information content (AvgIpc) is 3.26. The number of amides is 1. The lowest BCUT2D eigenvalue weighted by Gasteiger charge is -2.40. The third kappa shape index (κ3) is 3.24. The van der Waals surface area contributed by atoms with E-state index < -0.39 is 0 Å². The van der Waals surface area contributed by atoms with Gasteiger partial charge in [-0.3, -0.25) is 4.79 Å². The van der Waals surface area contributed by atoms with E-state index in [1.54, 1.807) is 0 Å². The molecule has 132 valence electrons. The minimum Gasteiger partial charge on any atom is -0.494 e. The number of hydrogen-bond donors (Lipinski definition) is 0. The number of carbonyl (C=O) groups excluding carboxylic acids is 1. The van der Waals surface area contributed by atoms with Crippen LogP contribution in [0.1, 0.15) is 19.4 Å². The van der Waals surface area contributed by atoms with Gasteiger partial charge in [0, 0.05) is 25.3 Å². The first-order chi connectivity index (χ1) is 12.2. The molecule has 1 aromatic heterocycles. The summed E-state index contributed by atoms with van der Waals surface area (Å²) in [5.41, 5.74) is 1.84. The summed E-state index contributed by atoms with van der Waals surface area (Å²) in [5, 5.41) is 8.50. The maximum absolute atomic E-state index is 12.3. The first kappa shape index (κ1) is 16.1. The summed E-state index contributed by atoms with van der Waals surface area (Å²) in [6.07, 6.45) is 2.78. The fourth-order valence-corrected chi connectivity index (χ4v) is 3.27. The molecule has 0 saturated carbocycles. The Balaban J connectivity index is 1.36. The highest BCUT2D eigenvalue weighted by Gasteiger charge is 2.37. The Morgan fingerprint density at radius 1 is 1.32 bits per heavy atom. The topological polar surface area (TPSA) is 69.5 Å². The van der Waals surface area contributed by atoms with Crippen LogP contribution in [0.5, 0.6) is 5.75 Å². The fourth-order valence-electron chi connectivity index (χ4n) is 3.27. The van der Waals surface area contributed by atoms with Crippen molar-refractivity contribution < 1.29 is 14.3 Å². The van der Waals surface area contributed by atoms with Gasteiger partial charge in [-0.2, -0.15) is 0 Å². The molecule has 25 heavy (non-hydrogen) atoms. The summed E-state index contributed by atoms with van der Waals surface area (Å²) in [6, 6.07) is 8.04. The van der Waals surface area contributed by atoms with Crippen molar-refractivity contribution in [3.05, 3.63) is 30.5 Å². The summed E-state index contributed by atoms with van der Waals surface area (Å²) >= 11 is 0. The van der Waals surface area contributed by atoms with Gasteiger partial charge in [0.2, 0.25) is 5.91 Å². The summed E-state index contributed by atoms with van der Waals surface area (Å²) in [4.78, 5) is 14.2. The number of hydrogen-bond acceptors (Lipinski definition) is 5. The maximum Gasteiger partial charge on any atom is 0.228 e. The first-order valence-electron chi connectivity index (χ1n) is 8.76. The molecule has 0 aliphatic carbocycles. The molecule has 0 spiro atoms. The third-order valence-electron chi connectivity index (χ3n) is 4.80. The molecule has 0 radical (unpaired) electrons. The molecular formula is C18H22N4O3. The molecule has 2 aromatic rings. The zero-order valence-electron chi connectivity index (χ0n) is 14.3. The van der Waals surface area contributed by atoms with Crippen LogP contribution in [0.2, 0.25) is 0 Å². The van der Waals surface area contributed by atoms with E-state index in [0.29, 0.717) is 32.9 Å². The normalized spacial score (nSPS) is 20.5. The highest BCUT2D eigenvalue weighted by Crippen LogP contribution is 2.27. The van der Waals surface area contributed by atoms with E-state index in [9.17, 15) is 4.79 Å². The van der Waals surface area contributed by atoms with Crippen molar-refractivity contribution in [2.45, 2.75) is 19.4 Å². The minimum absolute atomic E-state index is 0.0381. The van der Waals surface area contributed by atoms with Gasteiger partial charge in [-0.05, 0) is 37.6 Å². The van der Waals surface area contributed by atoms with E-state index in [1.807, 2.05) is 47.0 Å². The molecule has 2 aliphatic rings. The lowest BCUT2D eigenvalue weighted by molar-refractivity contribution is -0.141. The highest BCUT2D eigenvalue weighted by atomic mass is 16.5. The number of nitrogens with zero attached hydrogens (tertiary/aromatic N) is 4. The van der Waals surface area contributed by atoms with Crippen molar-refractivity contribution >= 4 is 5.91 Å². The molecule has 2 saturated heterocycles. The van der Waals surface area contributed by atoms with Crippen molar-refractivity contribution in [3.63, 3.8) is 0 Å². The molecular weight excluding hydrogens is 320 g/mol. The van der Waals surface area contributed by atoms with E-state index in [4.69, 9.17) is 9.47 Å². The Morgan fingerprint density at radius 3 is 2.80 bits per heavy atom. The van der Waals surface area contributed by atoms with Gasteiger partial charge in [-0.1, -0.05) is 5.21 Å². The number of aromatic nitrogens is 3. The molecule has 4 rings (SSSR count). The molecule has 1 atom stereocenters. The Labute approximate surface area is 146 Å². The second-order valence-electron chi connectivity index (χ2n) is 6.50. The van der Waals surface area contributed by atoms with Crippen molar-refractivity contribution in [1.82, 2.24) is 19.9 Å². The molecule has 0 bridgehead atoms. The van der Waals surface area contributed by atoms with Crippen molar-refractivity contribution in [3.8, 4) is 17.0 Å². The van der Waals surface area contributed by atoms with Crippen LogP contribution in [0.4, 0.5) is 0 Å². The number of benzene rings is 1. The van der Waals surface area contributed by atoms with Gasteiger partial charge in [0.05, 0.1) is 31.4 Å². The van der Waals surface area contributed by atoms with Crippen LogP contribution >= 0.6 is 0 Å². The zero-order valence-corrected chi connectivity index (χ0v) is 14.3. The van der Waals surface area contributed by atoms with E-state index in [-0.39, 0.29) is 17.9 Å². The molecule has 7 heteroatoms. The van der Waals surface area contributed by atoms with E-state index in [1.165, 1.54) is 0 Å². The third-order valence-corrected chi connectivity index (χ3v) is 4.80. The van der Waals surface area contributed by atoms with Crippen LogP contribution in [0.3, 0.4) is 0 Å². The summed E-state index contributed by atoms with van der Waals surface area (Å²) in [6.45, 7) is 5.27. The first-order valence-corrected chi connectivity index (χ1v) is 8.76. The molecule has 1 amide bonds. The van der Waals surface area contributed by atoms with Crippen LogP contribution in [-0.4, -0.2) is 58.7 Å². The standard InChI is InChI=1S/C18H22N4O3/c1-2-25-16-5-3-13(4-6-16)17-11-22(20-19-17)15-9-21(10-15)18(23)14-7-8-24-12-14/h3-6,11,14-15H,2,7-10,12H2,1H3. The monoisotopic (exact) mass is 342 g/mol. The molecule has 2 aliphatic heterocycles. The van der Waals surface area contributed by atoms with E-state index >= 15 is 0 Å². The van der Waals surface area contributed by atoms with Crippen LogP contribution < -0.4 is 4.74 Å². The molecule has 7 nitrogen and oxygen atoms in total. The molecule has 1 aromatic carbocycles. The van der Waals surface area contributed by atoms with Crippen molar-refractivity contribution in [2.75, 3.05) is 32.9 Å². The number of ether oxygens (including phenoxy) is 2. The van der Waals surface area contributed by atoms with Gasteiger partial charge in [0.25, 0.3) is 0 Å². The van der Waals surface area contributed by atoms with E-state index in [2.05, 4.69) is 10.3 Å². The van der Waals surface area contributed by atoms with Crippen LogP contribution in [0.15, 0.2) is 30.5 Å². The summed E-state index contributed by atoms with van der Waals surface area (Å²) in [7, 11) is 0. The molecule has 0 N–H and O–H groups in total. The smallest absolute Gasteiger partial charge is 0.228 e. The van der Waals surface area contributed by atoms with Gasteiger partial charge in [-0.15, -0.1) is 5.10 Å². The minimum atomic E-state index is 0.0381. The van der Waals surface area contributed by atoms with Gasteiger partial charge in [-0.25, -0.2) is 4.68 Å². The predicted octanol–water partition coefficient (Wildman–Crippen LogP) is 1.76. The lowest BCUT2D eigenvalue weighted by Crippen LogP contribution is -2.52. The van der Waals surface area contributed by atoms with Crippen molar-refractivity contribution in [1.29, 1.82) is 0 Å². The Morgan fingerprint density at radius 2 is 2.12 bits per heavy atom. The molecule has 2 fully saturated rings. The van der Waals surface area contributed by atoms with Crippen LogP contribution in [0.25, 0.3) is 11.3 Å².